The van der Waals surface area contributed by atoms with E-state index >= 15 is 0 Å². The number of halogens is 3. The van der Waals surface area contributed by atoms with Crippen LogP contribution in [0.2, 0.25) is 5.02 Å². The molecule has 0 aromatic heterocycles. The summed E-state index contributed by atoms with van der Waals surface area (Å²) in [6.45, 7) is 0. The molecular weight excluding hydrogens is 668 g/mol. The van der Waals surface area contributed by atoms with Gasteiger partial charge in [-0.3, -0.25) is 14.4 Å². The van der Waals surface area contributed by atoms with E-state index in [1.54, 1.807) is 42.5 Å². The van der Waals surface area contributed by atoms with Crippen molar-refractivity contribution in [2.24, 2.45) is 5.92 Å². The average Bonchev–Trinajstić information content (AvgIpc) is 3.45. The van der Waals surface area contributed by atoms with Gasteiger partial charge in [0.15, 0.2) is 11.6 Å². The Morgan fingerprint density at radius 1 is 0.829 bits per heavy atom. The zero-order chi connectivity index (χ0) is 28.5. The number of rotatable bonds is 4. The van der Waals surface area contributed by atoms with Gasteiger partial charge in [0.05, 0.1) is 12.0 Å². The van der Waals surface area contributed by atoms with Crippen molar-refractivity contribution in [1.29, 1.82) is 0 Å². The van der Waals surface area contributed by atoms with Crippen LogP contribution in [-0.4, -0.2) is 29.6 Å². The number of ketones is 2. The Bertz CT molecular complexity index is 1790. The van der Waals surface area contributed by atoms with Crippen LogP contribution in [0, 0.1) is 5.92 Å². The predicted octanol–water partition coefficient (Wildman–Crippen LogP) is 7.72. The van der Waals surface area contributed by atoms with Crippen LogP contribution in [0.4, 0.5) is 11.4 Å². The lowest BCUT2D eigenvalue weighted by Crippen LogP contribution is -2.51. The predicted molar refractivity (Wildman–Crippen MR) is 168 cm³/mol. The van der Waals surface area contributed by atoms with Gasteiger partial charge in [0.25, 0.3) is 0 Å². The number of amides is 1. The average molecular weight is 689 g/mol. The molecule has 1 saturated heterocycles. The first kappa shape index (κ1) is 26.4. The third kappa shape index (κ3) is 3.90. The monoisotopic (exact) mass is 686 g/mol. The molecular formula is C33H21Br2ClN2O3. The number of benzene rings is 4. The van der Waals surface area contributed by atoms with E-state index in [4.69, 9.17) is 11.6 Å². The van der Waals surface area contributed by atoms with Gasteiger partial charge in [0.2, 0.25) is 5.91 Å². The second-order valence-electron chi connectivity index (χ2n) is 10.4. The molecule has 3 aliphatic rings. The summed E-state index contributed by atoms with van der Waals surface area (Å²) in [7, 11) is 0. The number of hydrogen-bond acceptors (Lipinski definition) is 4. The summed E-state index contributed by atoms with van der Waals surface area (Å²) in [5, 5.41) is 3.61. The number of fused-ring (bicyclic) bond motifs is 6. The summed E-state index contributed by atoms with van der Waals surface area (Å²) in [6.07, 6.45) is 3.88. The summed E-state index contributed by atoms with van der Waals surface area (Å²) >= 11 is 13.3. The van der Waals surface area contributed by atoms with Crippen LogP contribution in [-0.2, 0) is 10.2 Å². The number of Topliss-reactive ketones (excluding diaryl/α,β-unsaturated/α-hetero) is 2. The lowest BCUT2D eigenvalue weighted by molar-refractivity contribution is -0.121. The topological polar surface area (TPSA) is 66.5 Å². The van der Waals surface area contributed by atoms with E-state index in [-0.39, 0.29) is 17.5 Å². The van der Waals surface area contributed by atoms with Gasteiger partial charge in [-0.15, -0.1) is 0 Å². The minimum absolute atomic E-state index is 0.233. The standard InChI is InChI=1S/C33H21Br2ClN2O3/c34-21-10-5-18(6-11-21)30(39)28-29(31(40)19-7-12-22(35)13-8-19)38-26-15-14-23(36)17-20(26)9-16-27(38)33(28)24-3-1-2-4-25(24)37-32(33)41/h1-17,27-29H,(H,37,41)/t27-,28-,29+,33-/m1/s1. The summed E-state index contributed by atoms with van der Waals surface area (Å²) in [6, 6.07) is 25.6. The molecule has 7 rings (SSSR count). The Balaban J connectivity index is 1.53. The number of nitrogens with zero attached hydrogens (tertiary/aromatic N) is 1. The lowest BCUT2D eigenvalue weighted by Gasteiger charge is -2.37. The first-order chi connectivity index (χ1) is 19.8. The molecule has 41 heavy (non-hydrogen) atoms. The second kappa shape index (κ2) is 9.79. The minimum Gasteiger partial charge on any atom is -0.352 e. The van der Waals surface area contributed by atoms with Crippen molar-refractivity contribution < 1.29 is 14.4 Å². The molecule has 5 nitrogen and oxygen atoms in total. The van der Waals surface area contributed by atoms with Crippen LogP contribution < -0.4 is 10.2 Å². The Hall–Kier alpha value is -3.52. The van der Waals surface area contributed by atoms with E-state index in [2.05, 4.69) is 37.2 Å². The van der Waals surface area contributed by atoms with Crippen LogP contribution in [0.3, 0.4) is 0 Å². The van der Waals surface area contributed by atoms with Crippen molar-refractivity contribution in [3.8, 4) is 0 Å². The first-order valence-corrected chi connectivity index (χ1v) is 15.0. The number of para-hydroxylation sites is 1. The van der Waals surface area contributed by atoms with Gasteiger partial charge in [0, 0.05) is 36.5 Å². The maximum absolute atomic E-state index is 14.8. The van der Waals surface area contributed by atoms with Gasteiger partial charge < -0.3 is 10.2 Å². The molecule has 3 aliphatic heterocycles. The molecule has 0 bridgehead atoms. The fourth-order valence-corrected chi connectivity index (χ4v) is 7.44. The van der Waals surface area contributed by atoms with Crippen molar-refractivity contribution in [3.05, 3.63) is 133 Å². The first-order valence-electron chi connectivity index (χ1n) is 13.1. The molecule has 1 fully saturated rings. The van der Waals surface area contributed by atoms with Crippen LogP contribution in [0.15, 0.2) is 106 Å². The van der Waals surface area contributed by atoms with Gasteiger partial charge in [-0.1, -0.05) is 98.1 Å². The molecule has 3 heterocycles. The summed E-state index contributed by atoms with van der Waals surface area (Å²) in [4.78, 5) is 45.7. The lowest BCUT2D eigenvalue weighted by atomic mass is 9.64. The molecule has 0 radical (unpaired) electrons. The van der Waals surface area contributed by atoms with Crippen LogP contribution in [0.25, 0.3) is 6.08 Å². The molecule has 202 valence electrons. The SMILES string of the molecule is O=C(c1ccc(Br)cc1)[C@@H]1[C@H](C(=O)c2ccc(Br)cc2)[C@]2(C(=O)Nc3ccccc32)[C@H]2C=Cc3cc(Cl)ccc3N12. The van der Waals surface area contributed by atoms with Gasteiger partial charge >= 0.3 is 0 Å². The maximum atomic E-state index is 14.8. The summed E-state index contributed by atoms with van der Waals surface area (Å²) in [5.74, 6) is -1.82. The molecule has 4 aromatic rings. The third-order valence-electron chi connectivity index (χ3n) is 8.40. The smallest absolute Gasteiger partial charge is 0.238 e. The Morgan fingerprint density at radius 3 is 2.15 bits per heavy atom. The molecule has 8 heteroatoms. The zero-order valence-electron chi connectivity index (χ0n) is 21.4. The maximum Gasteiger partial charge on any atom is 0.238 e. The molecule has 0 saturated carbocycles. The van der Waals surface area contributed by atoms with E-state index in [9.17, 15) is 14.4 Å². The number of anilines is 2. The van der Waals surface area contributed by atoms with E-state index in [0.29, 0.717) is 27.4 Å². The van der Waals surface area contributed by atoms with Gasteiger partial charge in [-0.2, -0.15) is 0 Å². The molecule has 4 atom stereocenters. The second-order valence-corrected chi connectivity index (χ2v) is 12.7. The summed E-state index contributed by atoms with van der Waals surface area (Å²) < 4.78 is 1.66. The van der Waals surface area contributed by atoms with Crippen molar-refractivity contribution >= 4 is 78.4 Å². The number of carbonyl (C=O) groups is 3. The fraction of sp³-hybridized carbons (Fsp3) is 0.121. The van der Waals surface area contributed by atoms with Crippen LogP contribution >= 0.6 is 43.5 Å². The van der Waals surface area contributed by atoms with E-state index in [1.165, 1.54) is 0 Å². The highest BCUT2D eigenvalue weighted by molar-refractivity contribution is 9.10. The minimum atomic E-state index is -1.36. The largest absolute Gasteiger partial charge is 0.352 e. The van der Waals surface area contributed by atoms with Gasteiger partial charge in [-0.05, 0) is 59.7 Å². The third-order valence-corrected chi connectivity index (χ3v) is 9.70. The number of hydrogen-bond donors (Lipinski definition) is 1. The van der Waals surface area contributed by atoms with Crippen molar-refractivity contribution in [2.45, 2.75) is 17.5 Å². The highest BCUT2D eigenvalue weighted by Crippen LogP contribution is 2.58. The van der Waals surface area contributed by atoms with Crippen molar-refractivity contribution in [2.75, 3.05) is 10.2 Å². The van der Waals surface area contributed by atoms with Crippen molar-refractivity contribution in [3.63, 3.8) is 0 Å². The Labute approximate surface area is 258 Å². The Morgan fingerprint density at radius 2 is 1.46 bits per heavy atom. The normalized spacial score (nSPS) is 23.6. The van der Waals surface area contributed by atoms with E-state index < -0.39 is 23.4 Å². The molecule has 1 N–H and O–H groups in total. The Kier molecular flexibility index (Phi) is 6.30. The van der Waals surface area contributed by atoms with Gasteiger partial charge in [0.1, 0.15) is 11.5 Å². The quantitative estimate of drug-likeness (QED) is 0.223. The highest BCUT2D eigenvalue weighted by Gasteiger charge is 2.70. The van der Waals surface area contributed by atoms with Crippen LogP contribution in [0.5, 0.6) is 0 Å². The molecule has 1 amide bonds. The van der Waals surface area contributed by atoms with E-state index in [0.717, 1.165) is 20.2 Å². The van der Waals surface area contributed by atoms with E-state index in [1.807, 2.05) is 65.6 Å². The molecule has 1 spiro atoms. The van der Waals surface area contributed by atoms with Gasteiger partial charge in [-0.25, -0.2) is 0 Å². The molecule has 0 aliphatic carbocycles. The number of nitrogens with one attached hydrogen (secondary N) is 1. The van der Waals surface area contributed by atoms with Crippen LogP contribution in [0.1, 0.15) is 31.8 Å². The highest BCUT2D eigenvalue weighted by atomic mass is 79.9. The fourth-order valence-electron chi connectivity index (χ4n) is 6.73. The zero-order valence-corrected chi connectivity index (χ0v) is 25.3. The number of carbonyl (C=O) groups excluding carboxylic acids is 3. The molecule has 0 unspecified atom stereocenters. The van der Waals surface area contributed by atoms with Crippen molar-refractivity contribution in [1.82, 2.24) is 0 Å². The summed E-state index contributed by atoms with van der Waals surface area (Å²) in [5.41, 5.74) is 2.47. The molecule has 4 aromatic carbocycles.